The highest BCUT2D eigenvalue weighted by Gasteiger charge is 2.30. The third-order valence-corrected chi connectivity index (χ3v) is 21.1. The number of unbranched alkanes of at least 4 members (excludes halogenated alkanes) is 51. The second kappa shape index (κ2) is 73.6. The minimum absolute atomic E-state index is 0.103. The lowest BCUT2D eigenvalue weighted by atomic mass is 10.0. The van der Waals surface area contributed by atoms with Gasteiger partial charge >= 0.3 is 39.5 Å². The highest BCUT2D eigenvalue weighted by atomic mass is 31.2. The number of ether oxygens (including phenoxy) is 4. The molecule has 0 aliphatic heterocycles. The van der Waals surface area contributed by atoms with Gasteiger partial charge in [0, 0.05) is 25.7 Å². The smallest absolute Gasteiger partial charge is 0.462 e. The van der Waals surface area contributed by atoms with Crippen molar-refractivity contribution < 1.29 is 80.2 Å². The van der Waals surface area contributed by atoms with Gasteiger partial charge in [-0.25, -0.2) is 9.13 Å². The number of aliphatic hydroxyl groups is 1. The van der Waals surface area contributed by atoms with Crippen LogP contribution in [0.2, 0.25) is 0 Å². The Hall–Kier alpha value is -1.94. The van der Waals surface area contributed by atoms with Crippen LogP contribution in [0.25, 0.3) is 0 Å². The number of hydrogen-bond acceptors (Lipinski definition) is 15. The molecule has 0 aliphatic rings. The number of esters is 4. The van der Waals surface area contributed by atoms with Crippen molar-refractivity contribution in [3.63, 3.8) is 0 Å². The van der Waals surface area contributed by atoms with Gasteiger partial charge in [-0.15, -0.1) is 0 Å². The van der Waals surface area contributed by atoms with Crippen LogP contribution in [-0.2, 0) is 65.4 Å². The number of rotatable bonds is 81. The highest BCUT2D eigenvalue weighted by molar-refractivity contribution is 7.47. The van der Waals surface area contributed by atoms with Crippen molar-refractivity contribution in [2.75, 3.05) is 39.6 Å². The summed E-state index contributed by atoms with van der Waals surface area (Å²) in [5.74, 6) is -0.713. The summed E-state index contributed by atoms with van der Waals surface area (Å²) >= 11 is 0. The number of carbonyl (C=O) groups is 4. The molecule has 0 aromatic heterocycles. The van der Waals surface area contributed by atoms with Gasteiger partial charge in [0.1, 0.15) is 19.3 Å². The Morgan fingerprint density at radius 3 is 0.673 bits per heavy atom. The summed E-state index contributed by atoms with van der Waals surface area (Å²) in [6.07, 6.45) is 64.3. The predicted molar refractivity (Wildman–Crippen MR) is 414 cm³/mol. The molecule has 0 rings (SSSR count). The third kappa shape index (κ3) is 76.1. The van der Waals surface area contributed by atoms with Crippen LogP contribution < -0.4 is 0 Å². The maximum atomic E-state index is 13.1. The van der Waals surface area contributed by atoms with E-state index in [2.05, 4.69) is 41.5 Å². The molecule has 0 fully saturated rings. The molecule has 0 aliphatic carbocycles. The number of phosphoric ester groups is 2. The minimum atomic E-state index is -4.96. The van der Waals surface area contributed by atoms with Gasteiger partial charge in [-0.3, -0.25) is 37.3 Å². The van der Waals surface area contributed by atoms with E-state index < -0.39 is 97.5 Å². The Bertz CT molecular complexity index is 1940. The standard InChI is InChI=1S/C82H160O17P2/c1-7-9-11-13-15-17-19-21-23-25-27-29-31-33-35-37-39-41-47-54-60-66-81(86)98-77(70-92-79(84)64-58-52-46-40-38-36-34-32-30-28-26-24-22-20-18-16-14-12-10-8-2)72-96-100(88,89)94-68-76(83)69-95-101(90,91)97-73-78(99-82(87)67-61-55-49-43-45-51-57-63-75(5)6)71-93-80(85)65-59-53-48-42-44-50-56-62-74(3)4/h74-78,83H,7-73H2,1-6H3,(H,88,89)(H,90,91)/t76-,77-,78-/m1/s1. The van der Waals surface area contributed by atoms with E-state index in [-0.39, 0.29) is 25.7 Å². The molecule has 0 saturated heterocycles. The van der Waals surface area contributed by atoms with E-state index in [4.69, 9.17) is 37.0 Å². The molecular formula is C82H160O17P2. The first kappa shape index (κ1) is 99.1. The minimum Gasteiger partial charge on any atom is -0.462 e. The normalized spacial score (nSPS) is 13.9. The van der Waals surface area contributed by atoms with E-state index in [1.165, 1.54) is 244 Å². The zero-order chi connectivity index (χ0) is 74.2. The van der Waals surface area contributed by atoms with E-state index >= 15 is 0 Å². The molecule has 0 saturated carbocycles. The zero-order valence-electron chi connectivity index (χ0n) is 66.2. The molecule has 0 aromatic carbocycles. The predicted octanol–water partition coefficient (Wildman–Crippen LogP) is 24.7. The van der Waals surface area contributed by atoms with E-state index in [1.54, 1.807) is 0 Å². The van der Waals surface area contributed by atoms with E-state index in [0.717, 1.165) is 96.3 Å². The van der Waals surface area contributed by atoms with Gasteiger partial charge in [0.05, 0.1) is 26.4 Å². The molecule has 2 unspecified atom stereocenters. The van der Waals surface area contributed by atoms with Crippen molar-refractivity contribution in [3.8, 4) is 0 Å². The second-order valence-corrected chi connectivity index (χ2v) is 33.4. The highest BCUT2D eigenvalue weighted by Crippen LogP contribution is 2.45. The monoisotopic (exact) mass is 1480 g/mol. The molecule has 0 spiro atoms. The Kier molecular flexibility index (Phi) is 72.2. The summed E-state index contributed by atoms with van der Waals surface area (Å²) < 4.78 is 68.6. The van der Waals surface area contributed by atoms with Crippen molar-refractivity contribution >= 4 is 39.5 Å². The Morgan fingerprint density at radius 2 is 0.455 bits per heavy atom. The van der Waals surface area contributed by atoms with Crippen LogP contribution in [0.15, 0.2) is 0 Å². The van der Waals surface area contributed by atoms with Crippen LogP contribution in [0.5, 0.6) is 0 Å². The quantitative estimate of drug-likeness (QED) is 0.0222. The van der Waals surface area contributed by atoms with Gasteiger partial charge < -0.3 is 33.8 Å². The topological polar surface area (TPSA) is 237 Å². The fourth-order valence-electron chi connectivity index (χ4n) is 12.7. The first-order valence-corrected chi connectivity index (χ1v) is 45.5. The molecule has 17 nitrogen and oxygen atoms in total. The van der Waals surface area contributed by atoms with E-state index in [0.29, 0.717) is 37.5 Å². The molecule has 0 amide bonds. The summed E-state index contributed by atoms with van der Waals surface area (Å²) in [7, 11) is -9.92. The van der Waals surface area contributed by atoms with Crippen LogP contribution in [0.1, 0.15) is 433 Å². The maximum absolute atomic E-state index is 13.1. The summed E-state index contributed by atoms with van der Waals surface area (Å²) in [5, 5.41) is 10.6. The summed E-state index contributed by atoms with van der Waals surface area (Å²) in [5.41, 5.74) is 0. The number of carbonyl (C=O) groups excluding carboxylic acids is 4. The van der Waals surface area contributed by atoms with Crippen LogP contribution in [0.4, 0.5) is 0 Å². The molecule has 0 aromatic rings. The molecule has 600 valence electrons. The Morgan fingerprint density at radius 1 is 0.267 bits per heavy atom. The maximum Gasteiger partial charge on any atom is 0.472 e. The lowest BCUT2D eigenvalue weighted by molar-refractivity contribution is -0.161. The average molecular weight is 1480 g/mol. The first-order valence-electron chi connectivity index (χ1n) is 42.5. The van der Waals surface area contributed by atoms with Gasteiger partial charge in [-0.2, -0.15) is 0 Å². The largest absolute Gasteiger partial charge is 0.472 e. The van der Waals surface area contributed by atoms with Crippen LogP contribution in [-0.4, -0.2) is 96.7 Å². The summed E-state index contributed by atoms with van der Waals surface area (Å²) in [4.78, 5) is 72.9. The molecule has 0 bridgehead atoms. The molecule has 5 atom stereocenters. The zero-order valence-corrected chi connectivity index (χ0v) is 68.0. The number of phosphoric acid groups is 2. The first-order chi connectivity index (χ1) is 48.9. The van der Waals surface area contributed by atoms with Crippen LogP contribution in [0, 0.1) is 11.8 Å². The van der Waals surface area contributed by atoms with Gasteiger partial charge in [0.2, 0.25) is 0 Å². The molecular weight excluding hydrogens is 1320 g/mol. The number of hydrogen-bond donors (Lipinski definition) is 3. The lowest BCUT2D eigenvalue weighted by Gasteiger charge is -2.21. The van der Waals surface area contributed by atoms with Crippen molar-refractivity contribution in [1.82, 2.24) is 0 Å². The molecule has 101 heavy (non-hydrogen) atoms. The van der Waals surface area contributed by atoms with E-state index in [9.17, 15) is 43.2 Å². The lowest BCUT2D eigenvalue weighted by Crippen LogP contribution is -2.30. The number of aliphatic hydroxyl groups excluding tert-OH is 1. The fraction of sp³-hybridized carbons (Fsp3) is 0.951. The van der Waals surface area contributed by atoms with Crippen molar-refractivity contribution in [2.45, 2.75) is 452 Å². The fourth-order valence-corrected chi connectivity index (χ4v) is 14.3. The molecule has 0 heterocycles. The van der Waals surface area contributed by atoms with Gasteiger partial charge in [0.15, 0.2) is 12.2 Å². The third-order valence-electron chi connectivity index (χ3n) is 19.2. The molecule has 19 heteroatoms. The average Bonchev–Trinajstić information content (AvgIpc) is 0.972. The van der Waals surface area contributed by atoms with Gasteiger partial charge in [0.25, 0.3) is 0 Å². The van der Waals surface area contributed by atoms with Gasteiger partial charge in [-0.1, -0.05) is 382 Å². The van der Waals surface area contributed by atoms with Crippen molar-refractivity contribution in [3.05, 3.63) is 0 Å². The Balaban J connectivity index is 5.18. The molecule has 3 N–H and O–H groups in total. The summed E-state index contributed by atoms with van der Waals surface area (Å²) in [6.45, 7) is 9.51. The van der Waals surface area contributed by atoms with Crippen molar-refractivity contribution in [2.24, 2.45) is 11.8 Å². The van der Waals surface area contributed by atoms with E-state index in [1.807, 2.05) is 0 Å². The van der Waals surface area contributed by atoms with Crippen molar-refractivity contribution in [1.29, 1.82) is 0 Å². The molecule has 0 radical (unpaired) electrons. The Labute approximate surface area is 619 Å². The summed E-state index contributed by atoms with van der Waals surface area (Å²) in [6, 6.07) is 0. The SMILES string of the molecule is CCCCCCCCCCCCCCCCCCCCCCCC(=O)O[C@H](COC(=O)CCCCCCCCCCCCCCCCCCCCCC)COP(=O)(O)OC[C@@H](O)COP(=O)(O)OC[C@@H](COC(=O)CCCCCCCCCC(C)C)OC(=O)CCCCCCCCCC(C)C. The second-order valence-electron chi connectivity index (χ2n) is 30.5. The van der Waals surface area contributed by atoms with Crippen LogP contribution in [0.3, 0.4) is 0 Å². The van der Waals surface area contributed by atoms with Crippen LogP contribution >= 0.6 is 15.6 Å². The van der Waals surface area contributed by atoms with Gasteiger partial charge in [-0.05, 0) is 37.5 Å².